The fourth-order valence-electron chi connectivity index (χ4n) is 3.59. The number of carbonyl (C=O) groups is 1. The second-order valence-corrected chi connectivity index (χ2v) is 7.59. The number of nitrogens with zero attached hydrogens (tertiary/aromatic N) is 2. The first-order chi connectivity index (χ1) is 15.3. The zero-order valence-electron chi connectivity index (χ0n) is 17.7. The standard InChI is InChI=1S/C26H28N2O3/c29-26(23-13-11-22(12-14-23)21-31-25-9-5-2-6-10-25)28-17-15-27(16-18-28)19-20-30-24-7-3-1-4-8-24/h1-14H,15-21H2. The number of hydrogen-bond donors (Lipinski definition) is 0. The first kappa shape index (κ1) is 20.9. The maximum atomic E-state index is 12.8. The van der Waals surface area contributed by atoms with Gasteiger partial charge in [-0.25, -0.2) is 0 Å². The number of hydrogen-bond acceptors (Lipinski definition) is 4. The van der Waals surface area contributed by atoms with Crippen molar-refractivity contribution in [2.24, 2.45) is 0 Å². The van der Waals surface area contributed by atoms with E-state index >= 15 is 0 Å². The molecular formula is C26H28N2O3. The third-order valence-electron chi connectivity index (χ3n) is 5.43. The fourth-order valence-corrected chi connectivity index (χ4v) is 3.59. The van der Waals surface area contributed by atoms with E-state index in [1.807, 2.05) is 89.8 Å². The van der Waals surface area contributed by atoms with Gasteiger partial charge in [0.15, 0.2) is 0 Å². The van der Waals surface area contributed by atoms with Crippen molar-refractivity contribution < 1.29 is 14.3 Å². The molecule has 160 valence electrons. The van der Waals surface area contributed by atoms with Gasteiger partial charge in [0.25, 0.3) is 5.91 Å². The fraction of sp³-hybridized carbons (Fsp3) is 0.269. The van der Waals surface area contributed by atoms with Crippen LogP contribution in [0.25, 0.3) is 0 Å². The molecule has 0 bridgehead atoms. The van der Waals surface area contributed by atoms with Gasteiger partial charge >= 0.3 is 0 Å². The highest BCUT2D eigenvalue weighted by Gasteiger charge is 2.22. The number of para-hydroxylation sites is 2. The van der Waals surface area contributed by atoms with Gasteiger partial charge in [-0.3, -0.25) is 9.69 Å². The molecule has 1 heterocycles. The third kappa shape index (κ3) is 6.09. The van der Waals surface area contributed by atoms with Gasteiger partial charge in [0.2, 0.25) is 0 Å². The van der Waals surface area contributed by atoms with Crippen LogP contribution in [0.3, 0.4) is 0 Å². The van der Waals surface area contributed by atoms with Crippen molar-refractivity contribution in [3.8, 4) is 11.5 Å². The van der Waals surface area contributed by atoms with Crippen LogP contribution >= 0.6 is 0 Å². The average molecular weight is 417 g/mol. The number of benzene rings is 3. The van der Waals surface area contributed by atoms with E-state index in [1.54, 1.807) is 0 Å². The summed E-state index contributed by atoms with van der Waals surface area (Å²) in [6.07, 6.45) is 0. The van der Waals surface area contributed by atoms with Crippen molar-refractivity contribution in [1.82, 2.24) is 9.80 Å². The molecule has 1 saturated heterocycles. The molecule has 0 atom stereocenters. The molecular weight excluding hydrogens is 388 g/mol. The minimum Gasteiger partial charge on any atom is -0.492 e. The second kappa shape index (κ2) is 10.6. The maximum absolute atomic E-state index is 12.8. The van der Waals surface area contributed by atoms with Crippen LogP contribution in [0.4, 0.5) is 0 Å². The third-order valence-corrected chi connectivity index (χ3v) is 5.43. The predicted molar refractivity (Wildman–Crippen MR) is 121 cm³/mol. The molecule has 0 radical (unpaired) electrons. The lowest BCUT2D eigenvalue weighted by Crippen LogP contribution is -2.49. The van der Waals surface area contributed by atoms with Crippen LogP contribution in [0, 0.1) is 0 Å². The Hall–Kier alpha value is -3.31. The Kier molecular flexibility index (Phi) is 7.19. The van der Waals surface area contributed by atoms with E-state index in [0.717, 1.165) is 55.3 Å². The molecule has 0 saturated carbocycles. The Morgan fingerprint density at radius 1 is 0.710 bits per heavy atom. The lowest BCUT2D eigenvalue weighted by atomic mass is 10.1. The van der Waals surface area contributed by atoms with Crippen LogP contribution < -0.4 is 9.47 Å². The van der Waals surface area contributed by atoms with Gasteiger partial charge < -0.3 is 14.4 Å². The van der Waals surface area contributed by atoms with Gasteiger partial charge in [0.05, 0.1) is 0 Å². The van der Waals surface area contributed by atoms with Crippen LogP contribution in [0.2, 0.25) is 0 Å². The van der Waals surface area contributed by atoms with E-state index in [-0.39, 0.29) is 5.91 Å². The van der Waals surface area contributed by atoms with Crippen molar-refractivity contribution in [1.29, 1.82) is 0 Å². The Morgan fingerprint density at radius 2 is 1.29 bits per heavy atom. The highest BCUT2D eigenvalue weighted by Crippen LogP contribution is 2.14. The number of amides is 1. The van der Waals surface area contributed by atoms with Crippen molar-refractivity contribution in [3.63, 3.8) is 0 Å². The number of piperazine rings is 1. The molecule has 0 unspecified atom stereocenters. The molecule has 5 heteroatoms. The lowest BCUT2D eigenvalue weighted by molar-refractivity contribution is 0.0620. The maximum Gasteiger partial charge on any atom is 0.253 e. The van der Waals surface area contributed by atoms with Crippen LogP contribution in [0.5, 0.6) is 11.5 Å². The number of ether oxygens (including phenoxy) is 2. The predicted octanol–water partition coefficient (Wildman–Crippen LogP) is 4.10. The lowest BCUT2D eigenvalue weighted by Gasteiger charge is -2.34. The van der Waals surface area contributed by atoms with E-state index in [0.29, 0.717) is 13.2 Å². The summed E-state index contributed by atoms with van der Waals surface area (Å²) in [5.41, 5.74) is 1.77. The monoisotopic (exact) mass is 416 g/mol. The summed E-state index contributed by atoms with van der Waals surface area (Å²) in [6, 6.07) is 27.3. The number of carbonyl (C=O) groups excluding carboxylic acids is 1. The summed E-state index contributed by atoms with van der Waals surface area (Å²) in [7, 11) is 0. The zero-order chi connectivity index (χ0) is 21.3. The Balaban J connectivity index is 1.20. The average Bonchev–Trinajstić information content (AvgIpc) is 2.84. The van der Waals surface area contributed by atoms with Crippen LogP contribution in [-0.4, -0.2) is 55.0 Å². The topological polar surface area (TPSA) is 42.0 Å². The first-order valence-corrected chi connectivity index (χ1v) is 10.7. The second-order valence-electron chi connectivity index (χ2n) is 7.59. The molecule has 3 aromatic rings. The minimum atomic E-state index is 0.0933. The molecule has 4 rings (SSSR count). The molecule has 0 aliphatic carbocycles. The molecule has 0 spiro atoms. The summed E-state index contributed by atoms with van der Waals surface area (Å²) in [6.45, 7) is 5.23. The Labute approximate surface area is 183 Å². The van der Waals surface area contributed by atoms with Crippen LogP contribution in [0.15, 0.2) is 84.9 Å². The largest absolute Gasteiger partial charge is 0.492 e. The summed E-state index contributed by atoms with van der Waals surface area (Å²) in [5, 5.41) is 0. The molecule has 0 N–H and O–H groups in total. The molecule has 5 nitrogen and oxygen atoms in total. The van der Waals surface area contributed by atoms with E-state index in [4.69, 9.17) is 9.47 Å². The van der Waals surface area contributed by atoms with Gasteiger partial charge in [-0.15, -0.1) is 0 Å². The van der Waals surface area contributed by atoms with E-state index in [1.165, 1.54) is 0 Å². The molecule has 1 amide bonds. The normalized spacial score (nSPS) is 14.3. The highest BCUT2D eigenvalue weighted by atomic mass is 16.5. The minimum absolute atomic E-state index is 0.0933. The summed E-state index contributed by atoms with van der Waals surface area (Å²) in [5.74, 6) is 1.83. The molecule has 0 aromatic heterocycles. The molecule has 1 fully saturated rings. The first-order valence-electron chi connectivity index (χ1n) is 10.7. The summed E-state index contributed by atoms with van der Waals surface area (Å²) >= 11 is 0. The van der Waals surface area contributed by atoms with Gasteiger partial charge in [-0.1, -0.05) is 48.5 Å². The molecule has 3 aromatic carbocycles. The smallest absolute Gasteiger partial charge is 0.253 e. The van der Waals surface area contributed by atoms with E-state index < -0.39 is 0 Å². The molecule has 1 aliphatic heterocycles. The van der Waals surface area contributed by atoms with Crippen molar-refractivity contribution in [2.75, 3.05) is 39.3 Å². The van der Waals surface area contributed by atoms with Crippen molar-refractivity contribution in [3.05, 3.63) is 96.1 Å². The van der Waals surface area contributed by atoms with Crippen LogP contribution in [0.1, 0.15) is 15.9 Å². The SMILES string of the molecule is O=C(c1ccc(COc2ccccc2)cc1)N1CCN(CCOc2ccccc2)CC1. The van der Waals surface area contributed by atoms with Crippen molar-refractivity contribution in [2.45, 2.75) is 6.61 Å². The van der Waals surface area contributed by atoms with E-state index in [9.17, 15) is 4.79 Å². The van der Waals surface area contributed by atoms with Gasteiger partial charge in [0.1, 0.15) is 24.7 Å². The van der Waals surface area contributed by atoms with Gasteiger partial charge in [0, 0.05) is 38.3 Å². The molecule has 1 aliphatic rings. The highest BCUT2D eigenvalue weighted by molar-refractivity contribution is 5.94. The Bertz CT molecular complexity index is 937. The summed E-state index contributed by atoms with van der Waals surface area (Å²) in [4.78, 5) is 17.1. The molecule has 31 heavy (non-hydrogen) atoms. The van der Waals surface area contributed by atoms with Crippen molar-refractivity contribution >= 4 is 5.91 Å². The summed E-state index contributed by atoms with van der Waals surface area (Å²) < 4.78 is 11.5. The van der Waals surface area contributed by atoms with Gasteiger partial charge in [-0.2, -0.15) is 0 Å². The van der Waals surface area contributed by atoms with Gasteiger partial charge in [-0.05, 0) is 42.0 Å². The number of rotatable bonds is 8. The Morgan fingerprint density at radius 3 is 1.90 bits per heavy atom. The van der Waals surface area contributed by atoms with E-state index in [2.05, 4.69) is 4.90 Å². The van der Waals surface area contributed by atoms with Crippen LogP contribution in [-0.2, 0) is 6.61 Å². The zero-order valence-corrected chi connectivity index (χ0v) is 17.7. The quantitative estimate of drug-likeness (QED) is 0.554.